The molecule has 0 aliphatic carbocycles. The fourth-order valence-corrected chi connectivity index (χ4v) is 3.50. The molecular weight excluding hydrogens is 364 g/mol. The van der Waals surface area contributed by atoms with E-state index >= 15 is 0 Å². The smallest absolute Gasteiger partial charge is 0.332 e. The van der Waals surface area contributed by atoms with E-state index < -0.39 is 0 Å². The zero-order valence-electron chi connectivity index (χ0n) is 13.2. The van der Waals surface area contributed by atoms with E-state index in [0.717, 1.165) is 35.0 Å². The summed E-state index contributed by atoms with van der Waals surface area (Å²) in [5.41, 5.74) is 0.709. The van der Waals surface area contributed by atoms with Gasteiger partial charge in [0.25, 0.3) is 0 Å². The van der Waals surface area contributed by atoms with Crippen LogP contribution in [0.1, 0.15) is 37.9 Å². The number of carbonyl (C=O) groups is 1. The minimum absolute atomic E-state index is 0.0411. The quantitative estimate of drug-likeness (QED) is 0.744. The molecule has 0 radical (unpaired) electrons. The molecule has 1 aromatic carbocycles. The zero-order chi connectivity index (χ0) is 16.3. The zero-order valence-corrected chi connectivity index (χ0v) is 14.8. The van der Waals surface area contributed by atoms with Crippen molar-refractivity contribution in [3.05, 3.63) is 28.2 Å². The van der Waals surface area contributed by atoms with Gasteiger partial charge in [0.2, 0.25) is 0 Å². The molecule has 0 bridgehead atoms. The molecule has 1 atom stereocenters. The van der Waals surface area contributed by atoms with Gasteiger partial charge in [-0.3, -0.25) is 0 Å². The van der Waals surface area contributed by atoms with Gasteiger partial charge in [-0.1, -0.05) is 22.0 Å². The van der Waals surface area contributed by atoms with Crippen LogP contribution >= 0.6 is 15.9 Å². The third-order valence-corrected chi connectivity index (χ3v) is 4.81. The minimum Gasteiger partial charge on any atom is -0.487 e. The Kier molecular flexibility index (Phi) is 5.24. The summed E-state index contributed by atoms with van der Waals surface area (Å²) in [5.74, 6) is 0.486. The lowest BCUT2D eigenvalue weighted by molar-refractivity contribution is -0.154. The molecule has 3 rings (SSSR count). The maximum absolute atomic E-state index is 11.6. The van der Waals surface area contributed by atoms with E-state index in [0.29, 0.717) is 19.8 Å². The molecule has 0 saturated carbocycles. The van der Waals surface area contributed by atoms with Crippen molar-refractivity contribution in [1.29, 1.82) is 0 Å². The minimum atomic E-state index is -0.335. The van der Waals surface area contributed by atoms with Gasteiger partial charge in [-0.05, 0) is 19.1 Å². The molecule has 6 heteroatoms. The van der Waals surface area contributed by atoms with E-state index in [2.05, 4.69) is 15.9 Å². The van der Waals surface area contributed by atoms with Crippen LogP contribution in [0.3, 0.4) is 0 Å². The Hall–Kier alpha value is -1.11. The Bertz CT molecular complexity index is 568. The van der Waals surface area contributed by atoms with E-state index in [-0.39, 0.29) is 24.3 Å². The van der Waals surface area contributed by atoms with Crippen LogP contribution in [-0.2, 0) is 19.0 Å². The maximum atomic E-state index is 11.6. The summed E-state index contributed by atoms with van der Waals surface area (Å²) >= 11 is 3.49. The lowest BCUT2D eigenvalue weighted by Crippen LogP contribution is -2.46. The van der Waals surface area contributed by atoms with Crippen LogP contribution in [-0.4, -0.2) is 38.0 Å². The van der Waals surface area contributed by atoms with E-state index in [9.17, 15) is 4.79 Å². The van der Waals surface area contributed by atoms with Gasteiger partial charge in [0.15, 0.2) is 0 Å². The molecule has 1 saturated heterocycles. The Morgan fingerprint density at radius 1 is 1.39 bits per heavy atom. The highest BCUT2D eigenvalue weighted by Crippen LogP contribution is 2.46. The first-order valence-corrected chi connectivity index (χ1v) is 8.75. The first-order valence-electron chi connectivity index (χ1n) is 7.95. The van der Waals surface area contributed by atoms with Crippen molar-refractivity contribution >= 4 is 21.9 Å². The van der Waals surface area contributed by atoms with Gasteiger partial charge in [-0.2, -0.15) is 0 Å². The summed E-state index contributed by atoms with van der Waals surface area (Å²) in [6.45, 7) is 3.49. The number of esters is 1. The van der Waals surface area contributed by atoms with Crippen molar-refractivity contribution < 1.29 is 23.7 Å². The predicted molar refractivity (Wildman–Crippen MR) is 87.5 cm³/mol. The predicted octanol–water partition coefficient (Wildman–Crippen LogP) is 3.40. The van der Waals surface area contributed by atoms with Crippen LogP contribution in [0.25, 0.3) is 0 Å². The highest BCUT2D eigenvalue weighted by atomic mass is 79.9. The third-order valence-electron chi connectivity index (χ3n) is 4.32. The summed E-state index contributed by atoms with van der Waals surface area (Å²) in [4.78, 5) is 11.6. The van der Waals surface area contributed by atoms with E-state index in [4.69, 9.17) is 18.9 Å². The number of benzene rings is 1. The van der Waals surface area contributed by atoms with Gasteiger partial charge in [-0.25, -0.2) is 4.79 Å². The van der Waals surface area contributed by atoms with Crippen LogP contribution in [0.5, 0.6) is 5.75 Å². The summed E-state index contributed by atoms with van der Waals surface area (Å²) in [5, 5.41) is 0. The van der Waals surface area contributed by atoms with E-state index in [1.807, 2.05) is 18.2 Å². The number of hydrogen-bond donors (Lipinski definition) is 0. The molecule has 1 spiro atoms. The summed E-state index contributed by atoms with van der Waals surface area (Å²) < 4.78 is 23.6. The van der Waals surface area contributed by atoms with Gasteiger partial charge >= 0.3 is 5.97 Å². The highest BCUT2D eigenvalue weighted by Gasteiger charge is 2.43. The number of ether oxygens (including phenoxy) is 4. The van der Waals surface area contributed by atoms with Crippen molar-refractivity contribution in [2.45, 2.75) is 37.9 Å². The topological polar surface area (TPSA) is 54.0 Å². The first kappa shape index (κ1) is 16.7. The molecule has 5 nitrogen and oxygen atoms in total. The molecule has 0 N–H and O–H groups in total. The van der Waals surface area contributed by atoms with Crippen molar-refractivity contribution in [2.75, 3.05) is 26.4 Å². The lowest BCUT2D eigenvalue weighted by Gasteiger charge is -2.44. The molecule has 2 heterocycles. The van der Waals surface area contributed by atoms with Crippen LogP contribution in [0.4, 0.5) is 0 Å². The Morgan fingerprint density at radius 3 is 2.91 bits per heavy atom. The van der Waals surface area contributed by atoms with Gasteiger partial charge in [0.1, 0.15) is 18.0 Å². The number of fused-ring (bicyclic) bond motifs is 1. The number of hydrogen-bond acceptors (Lipinski definition) is 5. The monoisotopic (exact) mass is 384 g/mol. The average Bonchev–Trinajstić information content (AvgIpc) is 2.53. The lowest BCUT2D eigenvalue weighted by atomic mass is 9.83. The van der Waals surface area contributed by atoms with E-state index in [1.54, 1.807) is 6.92 Å². The molecule has 2 aliphatic rings. The standard InChI is InChI=1S/C17H21BrO5/c1-2-21-16(19)11-22-15-10-17(5-7-20-8-6-17)23-14-9-12(18)3-4-13(14)15/h3-4,9,15H,2,5-8,10-11H2,1H3. The van der Waals surface area contributed by atoms with Crippen LogP contribution in [0.2, 0.25) is 0 Å². The second-order valence-corrected chi connectivity index (χ2v) is 6.80. The highest BCUT2D eigenvalue weighted by molar-refractivity contribution is 9.10. The van der Waals surface area contributed by atoms with Crippen molar-refractivity contribution in [2.24, 2.45) is 0 Å². The average molecular weight is 385 g/mol. The molecule has 0 aromatic heterocycles. The fourth-order valence-electron chi connectivity index (χ4n) is 3.15. The molecule has 0 amide bonds. The van der Waals surface area contributed by atoms with Gasteiger partial charge < -0.3 is 18.9 Å². The third kappa shape index (κ3) is 3.87. The molecule has 1 unspecified atom stereocenters. The van der Waals surface area contributed by atoms with Gasteiger partial charge in [0, 0.05) is 29.3 Å². The molecule has 2 aliphatic heterocycles. The summed E-state index contributed by atoms with van der Waals surface area (Å²) in [7, 11) is 0. The molecule has 1 fully saturated rings. The maximum Gasteiger partial charge on any atom is 0.332 e. The number of halogens is 1. The molecule has 23 heavy (non-hydrogen) atoms. The van der Waals surface area contributed by atoms with Crippen molar-refractivity contribution in [3.8, 4) is 5.75 Å². The number of carbonyl (C=O) groups excluding carboxylic acids is 1. The van der Waals surface area contributed by atoms with Crippen LogP contribution < -0.4 is 4.74 Å². The Balaban J connectivity index is 1.80. The van der Waals surface area contributed by atoms with Crippen molar-refractivity contribution in [1.82, 2.24) is 0 Å². The second-order valence-electron chi connectivity index (χ2n) is 5.89. The summed E-state index contributed by atoms with van der Waals surface area (Å²) in [6, 6.07) is 5.92. The SMILES string of the molecule is CCOC(=O)COC1CC2(CCOCC2)Oc2cc(Br)ccc21. The largest absolute Gasteiger partial charge is 0.487 e. The van der Waals surface area contributed by atoms with Crippen LogP contribution in [0.15, 0.2) is 22.7 Å². The summed E-state index contributed by atoms with van der Waals surface area (Å²) in [6.07, 6.45) is 2.22. The van der Waals surface area contributed by atoms with Gasteiger partial charge in [0.05, 0.1) is 25.9 Å². The molecule has 126 valence electrons. The fraction of sp³-hybridized carbons (Fsp3) is 0.588. The van der Waals surface area contributed by atoms with Crippen molar-refractivity contribution in [3.63, 3.8) is 0 Å². The first-order chi connectivity index (χ1) is 11.1. The Morgan fingerprint density at radius 2 is 2.17 bits per heavy atom. The number of rotatable bonds is 4. The Labute approximate surface area is 144 Å². The molecular formula is C17H21BrO5. The normalized spacial score (nSPS) is 22.3. The molecule has 1 aromatic rings. The second kappa shape index (κ2) is 7.20. The van der Waals surface area contributed by atoms with E-state index in [1.165, 1.54) is 0 Å². The van der Waals surface area contributed by atoms with Crippen LogP contribution in [0, 0.1) is 0 Å². The van der Waals surface area contributed by atoms with Gasteiger partial charge in [-0.15, -0.1) is 0 Å².